The van der Waals surface area contributed by atoms with Gasteiger partial charge < -0.3 is 4.57 Å². The molecule has 270 valence electrons. The molecule has 9 aromatic carbocycles. The number of rotatable bonds is 5. The molecular weight excluding hydrogens is 707 g/mol. The van der Waals surface area contributed by atoms with Gasteiger partial charge in [0.1, 0.15) is 0 Å². The highest BCUT2D eigenvalue weighted by molar-refractivity contribution is 6.11. The van der Waals surface area contributed by atoms with Crippen molar-refractivity contribution < 1.29 is 0 Å². The molecule has 0 fully saturated rings. The maximum absolute atomic E-state index is 5.42. The molecule has 0 bridgehead atoms. The van der Waals surface area contributed by atoms with E-state index in [1.165, 1.54) is 32.3 Å². The Kier molecular flexibility index (Phi) is 7.16. The highest BCUT2D eigenvalue weighted by atomic mass is 15.2. The van der Waals surface area contributed by atoms with Crippen molar-refractivity contribution in [2.45, 2.75) is 0 Å². The van der Waals surface area contributed by atoms with Gasteiger partial charge in [-0.15, -0.1) is 0 Å². The first-order valence-electron chi connectivity index (χ1n) is 19.6. The highest BCUT2D eigenvalue weighted by Gasteiger charge is 2.22. The van der Waals surface area contributed by atoms with E-state index in [1.807, 2.05) is 0 Å². The third-order valence-corrected chi connectivity index (χ3v) is 11.6. The summed E-state index contributed by atoms with van der Waals surface area (Å²) < 4.78 is 4.53. The third kappa shape index (κ3) is 4.93. The van der Waals surface area contributed by atoms with Crippen LogP contribution in [0.1, 0.15) is 0 Å². The molecule has 0 radical (unpaired) electrons. The van der Waals surface area contributed by atoms with Gasteiger partial charge in [0.2, 0.25) is 5.95 Å². The minimum atomic E-state index is 0.564. The minimum Gasteiger partial charge on any atom is -0.309 e. The summed E-state index contributed by atoms with van der Waals surface area (Å²) in [6, 6.07) is 70.9. The van der Waals surface area contributed by atoms with Crippen molar-refractivity contribution in [3.63, 3.8) is 0 Å². The van der Waals surface area contributed by atoms with Crippen molar-refractivity contribution in [2.75, 3.05) is 0 Å². The molecule has 12 rings (SSSR count). The van der Waals surface area contributed by atoms with E-state index < -0.39 is 0 Å². The third-order valence-electron chi connectivity index (χ3n) is 11.6. The molecule has 0 aliphatic rings. The lowest BCUT2D eigenvalue weighted by molar-refractivity contribution is 0.952. The van der Waals surface area contributed by atoms with Crippen LogP contribution in [0.2, 0.25) is 0 Å². The van der Waals surface area contributed by atoms with Crippen LogP contribution in [0.3, 0.4) is 0 Å². The van der Waals surface area contributed by atoms with Crippen LogP contribution in [-0.2, 0) is 0 Å². The quantitative estimate of drug-likeness (QED) is 0.165. The van der Waals surface area contributed by atoms with E-state index in [4.69, 9.17) is 15.0 Å². The molecule has 0 saturated carbocycles. The molecule has 12 aromatic rings. The SMILES string of the molecule is c1ccc(-c2nc(-c3ccccc3-n3c4ccccc4c4ccccc43)nc(-n3c4ccccc4c4ccccc43)n2)c(-c2ccc3c(ccc4ccccc43)c2)c1. The fourth-order valence-electron chi connectivity index (χ4n) is 8.99. The van der Waals surface area contributed by atoms with Gasteiger partial charge in [0.25, 0.3) is 0 Å². The zero-order chi connectivity index (χ0) is 38.2. The summed E-state index contributed by atoms with van der Waals surface area (Å²) in [7, 11) is 0. The molecule has 5 nitrogen and oxygen atoms in total. The van der Waals surface area contributed by atoms with Gasteiger partial charge >= 0.3 is 0 Å². The highest BCUT2D eigenvalue weighted by Crippen LogP contribution is 2.39. The van der Waals surface area contributed by atoms with Gasteiger partial charge in [0.05, 0.1) is 27.8 Å². The van der Waals surface area contributed by atoms with Crippen LogP contribution in [-0.4, -0.2) is 24.1 Å². The van der Waals surface area contributed by atoms with Crippen LogP contribution >= 0.6 is 0 Å². The molecule has 0 aliphatic heterocycles. The van der Waals surface area contributed by atoms with Gasteiger partial charge in [-0.1, -0.05) is 158 Å². The number of hydrogen-bond donors (Lipinski definition) is 0. The van der Waals surface area contributed by atoms with Crippen molar-refractivity contribution in [2.24, 2.45) is 0 Å². The topological polar surface area (TPSA) is 48.5 Å². The van der Waals surface area contributed by atoms with Crippen molar-refractivity contribution in [3.8, 4) is 45.5 Å². The van der Waals surface area contributed by atoms with E-state index in [-0.39, 0.29) is 0 Å². The maximum atomic E-state index is 5.42. The molecule has 0 saturated heterocycles. The van der Waals surface area contributed by atoms with E-state index in [1.54, 1.807) is 0 Å². The van der Waals surface area contributed by atoms with E-state index in [0.717, 1.165) is 60.8 Å². The fourth-order valence-corrected chi connectivity index (χ4v) is 8.99. The van der Waals surface area contributed by atoms with Crippen LogP contribution < -0.4 is 0 Å². The average molecular weight is 740 g/mol. The molecule has 58 heavy (non-hydrogen) atoms. The number of aromatic nitrogens is 5. The first kappa shape index (κ1) is 32.4. The van der Waals surface area contributed by atoms with E-state index in [2.05, 4.69) is 209 Å². The fraction of sp³-hybridized carbons (Fsp3) is 0. The monoisotopic (exact) mass is 739 g/mol. The van der Waals surface area contributed by atoms with Crippen LogP contribution in [0.4, 0.5) is 0 Å². The standard InChI is InChI=1S/C53H33N5/c1-2-16-37-34(15-1)29-30-35-33-36(31-32-39(35)37)38-17-3-4-22-44(38)51-54-52(56-53(55-51)58-48-26-12-7-20-42(48)43-21-8-13-27-49(43)58)45-23-9-14-28-50(45)57-46-24-10-5-18-40(46)41-19-6-11-25-47(41)57/h1-33H. The number of benzene rings is 9. The summed E-state index contributed by atoms with van der Waals surface area (Å²) in [6.07, 6.45) is 0. The minimum absolute atomic E-state index is 0.564. The summed E-state index contributed by atoms with van der Waals surface area (Å²) in [5.41, 5.74) is 9.33. The molecule has 3 heterocycles. The average Bonchev–Trinajstić information content (AvgIpc) is 3.82. The number of nitrogens with zero attached hydrogens (tertiary/aromatic N) is 5. The van der Waals surface area contributed by atoms with Crippen LogP contribution in [0, 0.1) is 0 Å². The number of para-hydroxylation sites is 5. The molecule has 0 amide bonds. The lowest BCUT2D eigenvalue weighted by Crippen LogP contribution is -2.08. The Hall–Kier alpha value is -7.89. The number of hydrogen-bond acceptors (Lipinski definition) is 3. The summed E-state index contributed by atoms with van der Waals surface area (Å²) in [5.74, 6) is 1.77. The largest absolute Gasteiger partial charge is 0.309 e. The predicted octanol–water partition coefficient (Wildman–Crippen LogP) is 13.4. The van der Waals surface area contributed by atoms with Crippen LogP contribution in [0.15, 0.2) is 200 Å². The van der Waals surface area contributed by atoms with Gasteiger partial charge in [-0.25, -0.2) is 4.98 Å². The molecule has 0 N–H and O–H groups in total. The van der Waals surface area contributed by atoms with Crippen LogP contribution in [0.5, 0.6) is 0 Å². The molecule has 0 unspecified atom stereocenters. The van der Waals surface area contributed by atoms with Crippen molar-refractivity contribution in [1.82, 2.24) is 24.1 Å². The van der Waals surface area contributed by atoms with Gasteiger partial charge in [-0.05, 0) is 75.1 Å². The normalized spacial score (nSPS) is 11.8. The Balaban J connectivity index is 1.13. The summed E-state index contributed by atoms with van der Waals surface area (Å²) in [5, 5.41) is 9.61. The molecule has 0 aliphatic carbocycles. The first-order valence-corrected chi connectivity index (χ1v) is 19.6. The second-order valence-corrected chi connectivity index (χ2v) is 14.8. The zero-order valence-electron chi connectivity index (χ0n) is 31.3. The molecule has 3 aromatic heterocycles. The zero-order valence-corrected chi connectivity index (χ0v) is 31.3. The van der Waals surface area contributed by atoms with Crippen molar-refractivity contribution in [1.29, 1.82) is 0 Å². The molecule has 0 spiro atoms. The molecule has 5 heteroatoms. The van der Waals surface area contributed by atoms with Gasteiger partial charge in [0, 0.05) is 32.7 Å². The second kappa shape index (κ2) is 12.8. The van der Waals surface area contributed by atoms with Crippen molar-refractivity contribution in [3.05, 3.63) is 200 Å². The maximum Gasteiger partial charge on any atom is 0.238 e. The van der Waals surface area contributed by atoms with E-state index in [0.29, 0.717) is 17.6 Å². The smallest absolute Gasteiger partial charge is 0.238 e. The second-order valence-electron chi connectivity index (χ2n) is 14.8. The Morgan fingerprint density at radius 2 is 0.741 bits per heavy atom. The Bertz CT molecular complexity index is 3490. The Morgan fingerprint density at radius 3 is 1.38 bits per heavy atom. The van der Waals surface area contributed by atoms with Gasteiger partial charge in [-0.3, -0.25) is 4.57 Å². The van der Waals surface area contributed by atoms with E-state index in [9.17, 15) is 0 Å². The predicted molar refractivity (Wildman–Crippen MR) is 240 cm³/mol. The summed E-state index contributed by atoms with van der Waals surface area (Å²) >= 11 is 0. The van der Waals surface area contributed by atoms with Crippen molar-refractivity contribution >= 4 is 65.2 Å². The van der Waals surface area contributed by atoms with Gasteiger partial charge in [0.15, 0.2) is 11.6 Å². The lowest BCUT2D eigenvalue weighted by Gasteiger charge is -2.16. The number of fused-ring (bicyclic) bond motifs is 9. The Labute approximate surface area is 333 Å². The first-order chi connectivity index (χ1) is 28.8. The molecular formula is C53H33N5. The summed E-state index contributed by atoms with van der Waals surface area (Å²) in [6.45, 7) is 0. The Morgan fingerprint density at radius 1 is 0.293 bits per heavy atom. The van der Waals surface area contributed by atoms with E-state index >= 15 is 0 Å². The van der Waals surface area contributed by atoms with Crippen LogP contribution in [0.25, 0.3) is 111 Å². The van der Waals surface area contributed by atoms with Gasteiger partial charge in [-0.2, -0.15) is 9.97 Å². The molecule has 0 atom stereocenters. The lowest BCUT2D eigenvalue weighted by atomic mass is 9.95. The summed E-state index contributed by atoms with van der Waals surface area (Å²) in [4.78, 5) is 16.2.